The van der Waals surface area contributed by atoms with Gasteiger partial charge in [0.05, 0.1) is 0 Å². The topological polar surface area (TPSA) is 0 Å². The molecule has 0 aliphatic heterocycles. The predicted molar refractivity (Wildman–Crippen MR) is 224 cm³/mol. The van der Waals surface area contributed by atoms with Crippen molar-refractivity contribution in [1.82, 2.24) is 0 Å². The fourth-order valence-electron chi connectivity index (χ4n) is 7.90. The molecule has 0 saturated heterocycles. The lowest BCUT2D eigenvalue weighted by Crippen LogP contribution is -2.00. The minimum Gasteiger partial charge on any atom is -0.128 e. The van der Waals surface area contributed by atoms with E-state index in [1.807, 2.05) is 11.8 Å². The van der Waals surface area contributed by atoms with Gasteiger partial charge in [-0.05, 0) is 114 Å². The molecule has 0 heterocycles. The maximum absolute atomic E-state index is 2.38. The number of hydrogen-bond acceptors (Lipinski definition) is 1. The molecule has 0 aliphatic rings. The highest BCUT2D eigenvalue weighted by atomic mass is 32.2. The van der Waals surface area contributed by atoms with Crippen LogP contribution in [0.3, 0.4) is 0 Å². The molecule has 0 saturated carbocycles. The van der Waals surface area contributed by atoms with Gasteiger partial charge in [0.2, 0.25) is 0 Å². The predicted octanol–water partition coefficient (Wildman–Crippen LogP) is 14.9. The third kappa shape index (κ3) is 6.07. The summed E-state index contributed by atoms with van der Waals surface area (Å²) >= 11 is 1.82. The first-order chi connectivity index (χ1) is 25.1. The van der Waals surface area contributed by atoms with Gasteiger partial charge in [-0.2, -0.15) is 0 Å². The van der Waals surface area contributed by atoms with Gasteiger partial charge in [-0.3, -0.25) is 0 Å². The largest absolute Gasteiger partial charge is 0.128 e. The second-order valence-corrected chi connectivity index (χ2v) is 14.4. The normalized spacial score (nSPS) is 12.0. The van der Waals surface area contributed by atoms with Crippen molar-refractivity contribution in [2.45, 2.75) is 38.0 Å². The number of benzene rings is 8. The SMILES string of the molecule is CCC(C)c1c(-c2ccc(-c3ccc(-c4cccc(-c5ccccc5)c4SC)cc3)cc2)cccc1-c1cccc2c1c(C)cc1ccccc12. The first kappa shape index (κ1) is 32.8. The zero-order valence-electron chi connectivity index (χ0n) is 29.8. The van der Waals surface area contributed by atoms with E-state index in [-0.39, 0.29) is 0 Å². The van der Waals surface area contributed by atoms with E-state index in [0.717, 1.165) is 6.42 Å². The third-order valence-corrected chi connectivity index (χ3v) is 11.5. The lowest BCUT2D eigenvalue weighted by Gasteiger charge is -2.22. The zero-order valence-corrected chi connectivity index (χ0v) is 30.6. The van der Waals surface area contributed by atoms with E-state index in [4.69, 9.17) is 0 Å². The first-order valence-electron chi connectivity index (χ1n) is 18.0. The summed E-state index contributed by atoms with van der Waals surface area (Å²) in [6, 6.07) is 60.5. The van der Waals surface area contributed by atoms with Gasteiger partial charge in [-0.25, -0.2) is 0 Å². The minimum absolute atomic E-state index is 0.408. The number of aryl methyl sites for hydroxylation is 1. The lowest BCUT2D eigenvalue weighted by atomic mass is 9.82. The highest BCUT2D eigenvalue weighted by molar-refractivity contribution is 7.98. The molecule has 0 spiro atoms. The Hall–Kier alpha value is -5.37. The fourth-order valence-corrected chi connectivity index (χ4v) is 8.71. The molecule has 8 rings (SSSR count). The van der Waals surface area contributed by atoms with Crippen LogP contribution in [-0.2, 0) is 0 Å². The summed E-state index contributed by atoms with van der Waals surface area (Å²) in [6.45, 7) is 6.95. The molecular formula is C50H42S. The number of thioether (sulfide) groups is 1. The first-order valence-corrected chi connectivity index (χ1v) is 19.3. The summed E-state index contributed by atoms with van der Waals surface area (Å²) in [5.74, 6) is 0.408. The molecule has 1 unspecified atom stereocenters. The standard InChI is InChI=1S/C50H42S/c1-5-33(2)48-42(18-11-22-46(48)47-23-13-21-45-41-17-10-9-16-40(41)32-34(3)49(45)47)38-28-24-35(25-29-38)36-26-30-39(31-27-36)44-20-12-19-43(50(44)51-4)37-14-7-6-8-15-37/h6-33H,5H2,1-4H3. The Morgan fingerprint density at radius 1 is 0.471 bits per heavy atom. The minimum atomic E-state index is 0.408. The van der Waals surface area contributed by atoms with Crippen LogP contribution in [0.25, 0.3) is 77.2 Å². The van der Waals surface area contributed by atoms with Gasteiger partial charge in [0.15, 0.2) is 0 Å². The van der Waals surface area contributed by atoms with Crippen molar-refractivity contribution in [3.05, 3.63) is 175 Å². The maximum Gasteiger partial charge on any atom is 0.0226 e. The molecule has 0 aromatic heterocycles. The summed E-state index contributed by atoms with van der Waals surface area (Å²) < 4.78 is 0. The summed E-state index contributed by atoms with van der Waals surface area (Å²) in [5.41, 5.74) is 15.5. The van der Waals surface area contributed by atoms with Crippen molar-refractivity contribution < 1.29 is 0 Å². The van der Waals surface area contributed by atoms with Crippen molar-refractivity contribution in [1.29, 1.82) is 0 Å². The molecule has 0 fully saturated rings. The molecule has 248 valence electrons. The number of fused-ring (bicyclic) bond motifs is 3. The lowest BCUT2D eigenvalue weighted by molar-refractivity contribution is 0.737. The van der Waals surface area contributed by atoms with Crippen molar-refractivity contribution >= 4 is 33.3 Å². The van der Waals surface area contributed by atoms with Crippen molar-refractivity contribution in [3.8, 4) is 55.6 Å². The summed E-state index contributed by atoms with van der Waals surface area (Å²) in [5, 5.41) is 5.29. The van der Waals surface area contributed by atoms with Crippen LogP contribution in [0, 0.1) is 6.92 Å². The highest BCUT2D eigenvalue weighted by Gasteiger charge is 2.19. The van der Waals surface area contributed by atoms with E-state index in [1.54, 1.807) is 0 Å². The molecule has 8 aromatic carbocycles. The van der Waals surface area contributed by atoms with Gasteiger partial charge in [-0.15, -0.1) is 11.8 Å². The quantitative estimate of drug-likeness (QED) is 0.114. The van der Waals surface area contributed by atoms with E-state index in [9.17, 15) is 0 Å². The van der Waals surface area contributed by atoms with Gasteiger partial charge in [-0.1, -0.05) is 178 Å². The average molecular weight is 675 g/mol. The second-order valence-electron chi connectivity index (χ2n) is 13.6. The van der Waals surface area contributed by atoms with Crippen LogP contribution in [0.5, 0.6) is 0 Å². The van der Waals surface area contributed by atoms with Crippen molar-refractivity contribution in [3.63, 3.8) is 0 Å². The molecule has 0 amide bonds. The van der Waals surface area contributed by atoms with Crippen LogP contribution in [0.15, 0.2) is 169 Å². The molecule has 0 radical (unpaired) electrons. The number of hydrogen-bond donors (Lipinski definition) is 0. The van der Waals surface area contributed by atoms with Gasteiger partial charge in [0, 0.05) is 4.90 Å². The van der Waals surface area contributed by atoms with Gasteiger partial charge in [0.1, 0.15) is 0 Å². The van der Waals surface area contributed by atoms with Crippen LogP contribution < -0.4 is 0 Å². The van der Waals surface area contributed by atoms with Gasteiger partial charge in [0.25, 0.3) is 0 Å². The van der Waals surface area contributed by atoms with E-state index in [1.165, 1.54) is 93.2 Å². The van der Waals surface area contributed by atoms with Crippen molar-refractivity contribution in [2.75, 3.05) is 6.26 Å². The second kappa shape index (κ2) is 14.1. The Kier molecular flexibility index (Phi) is 9.07. The molecule has 1 atom stereocenters. The van der Waals surface area contributed by atoms with Crippen LogP contribution in [0.4, 0.5) is 0 Å². The van der Waals surface area contributed by atoms with Crippen LogP contribution in [0.1, 0.15) is 37.3 Å². The monoisotopic (exact) mass is 674 g/mol. The van der Waals surface area contributed by atoms with Crippen LogP contribution in [0.2, 0.25) is 0 Å². The molecule has 51 heavy (non-hydrogen) atoms. The molecule has 8 aromatic rings. The van der Waals surface area contributed by atoms with E-state index < -0.39 is 0 Å². The van der Waals surface area contributed by atoms with Gasteiger partial charge >= 0.3 is 0 Å². The molecular weight excluding hydrogens is 633 g/mol. The molecule has 0 N–H and O–H groups in total. The molecule has 0 bridgehead atoms. The summed E-state index contributed by atoms with van der Waals surface area (Å²) in [6.07, 6.45) is 3.25. The number of rotatable bonds is 8. The van der Waals surface area contributed by atoms with E-state index in [2.05, 4.69) is 191 Å². The average Bonchev–Trinajstić information content (AvgIpc) is 3.20. The van der Waals surface area contributed by atoms with E-state index in [0.29, 0.717) is 5.92 Å². The Bertz CT molecular complexity index is 2490. The van der Waals surface area contributed by atoms with Crippen LogP contribution >= 0.6 is 11.8 Å². The Balaban J connectivity index is 1.15. The summed E-state index contributed by atoms with van der Waals surface area (Å²) in [4.78, 5) is 1.31. The van der Waals surface area contributed by atoms with Crippen molar-refractivity contribution in [2.24, 2.45) is 0 Å². The highest BCUT2D eigenvalue weighted by Crippen LogP contribution is 2.44. The van der Waals surface area contributed by atoms with Crippen LogP contribution in [-0.4, -0.2) is 6.26 Å². The van der Waals surface area contributed by atoms with Gasteiger partial charge < -0.3 is 0 Å². The smallest absolute Gasteiger partial charge is 0.0226 e. The fraction of sp³-hybridized carbons (Fsp3) is 0.120. The Morgan fingerprint density at radius 2 is 0.961 bits per heavy atom. The Labute approximate surface area is 306 Å². The molecule has 0 nitrogen and oxygen atoms in total. The summed E-state index contributed by atoms with van der Waals surface area (Å²) in [7, 11) is 0. The molecule has 1 heteroatoms. The Morgan fingerprint density at radius 3 is 1.61 bits per heavy atom. The third-order valence-electron chi connectivity index (χ3n) is 10.6. The van der Waals surface area contributed by atoms with E-state index >= 15 is 0 Å². The zero-order chi connectivity index (χ0) is 34.9. The molecule has 0 aliphatic carbocycles. The maximum atomic E-state index is 2.38.